The summed E-state index contributed by atoms with van der Waals surface area (Å²) < 4.78 is 28.7. The van der Waals surface area contributed by atoms with Crippen molar-refractivity contribution in [2.24, 2.45) is 0 Å². The monoisotopic (exact) mass is 546 g/mol. The molecule has 0 spiro atoms. The Labute approximate surface area is 233 Å². The molecule has 5 rings (SSSR count). The van der Waals surface area contributed by atoms with Crippen molar-refractivity contribution in [3.05, 3.63) is 101 Å². The van der Waals surface area contributed by atoms with Crippen LogP contribution in [0.2, 0.25) is 0 Å². The van der Waals surface area contributed by atoms with Crippen LogP contribution in [0.5, 0.6) is 5.75 Å². The first-order chi connectivity index (χ1) is 19.2. The van der Waals surface area contributed by atoms with Crippen molar-refractivity contribution in [1.82, 2.24) is 0 Å². The van der Waals surface area contributed by atoms with Crippen LogP contribution in [0.1, 0.15) is 47.0 Å². The molecule has 0 amide bonds. The zero-order chi connectivity index (χ0) is 26.9. The Hall–Kier alpha value is -3.26. The Bertz CT molecular complexity index is 1290. The Morgan fingerprint density at radius 3 is 2.38 bits per heavy atom. The highest BCUT2D eigenvalue weighted by molar-refractivity contribution is 7.99. The van der Waals surface area contributed by atoms with Gasteiger partial charge in [0, 0.05) is 17.6 Å². The average Bonchev–Trinajstić information content (AvgIpc) is 3.36. The molecule has 1 saturated heterocycles. The molecule has 0 N–H and O–H groups in total. The molecule has 0 bridgehead atoms. The number of para-hydroxylation sites is 1. The van der Waals surface area contributed by atoms with Crippen LogP contribution in [-0.4, -0.2) is 38.3 Å². The maximum atomic E-state index is 11.7. The van der Waals surface area contributed by atoms with Gasteiger partial charge in [0.25, 0.3) is 0 Å². The number of carbonyl (C=O) groups excluding carboxylic acids is 1. The normalized spacial score (nSPS) is 15.5. The van der Waals surface area contributed by atoms with E-state index < -0.39 is 5.97 Å². The molecule has 7 heteroatoms. The lowest BCUT2D eigenvalue weighted by atomic mass is 10.0. The van der Waals surface area contributed by atoms with E-state index >= 15 is 0 Å². The molecular weight excluding hydrogens is 512 g/mol. The van der Waals surface area contributed by atoms with Crippen LogP contribution in [0.3, 0.4) is 0 Å². The predicted octanol–water partition coefficient (Wildman–Crippen LogP) is 7.09. The Balaban J connectivity index is 1.38. The summed E-state index contributed by atoms with van der Waals surface area (Å²) in [6, 6.07) is 27.0. The number of aryl methyl sites for hydroxylation is 1. The number of rotatable bonds is 12. The highest BCUT2D eigenvalue weighted by atomic mass is 32.2. The number of methoxy groups -OCH3 is 1. The van der Waals surface area contributed by atoms with Crippen LogP contribution in [0.25, 0.3) is 11.0 Å². The summed E-state index contributed by atoms with van der Waals surface area (Å²) in [4.78, 5) is 11.7. The molecule has 1 unspecified atom stereocenters. The van der Waals surface area contributed by atoms with Gasteiger partial charge in [-0.15, -0.1) is 11.8 Å². The molecule has 3 aromatic carbocycles. The van der Waals surface area contributed by atoms with E-state index in [2.05, 4.69) is 60.7 Å². The fourth-order valence-electron chi connectivity index (χ4n) is 4.82. The van der Waals surface area contributed by atoms with E-state index in [1.54, 1.807) is 0 Å². The van der Waals surface area contributed by atoms with Gasteiger partial charge in [-0.1, -0.05) is 72.8 Å². The summed E-state index contributed by atoms with van der Waals surface area (Å²) in [6.07, 6.45) is 3.62. The number of ether oxygens (including phenoxy) is 4. The van der Waals surface area contributed by atoms with Gasteiger partial charge in [-0.2, -0.15) is 0 Å². The van der Waals surface area contributed by atoms with Crippen LogP contribution >= 0.6 is 11.8 Å². The van der Waals surface area contributed by atoms with Crippen LogP contribution < -0.4 is 4.74 Å². The van der Waals surface area contributed by atoms with Crippen molar-refractivity contribution in [1.29, 1.82) is 0 Å². The fourth-order valence-corrected chi connectivity index (χ4v) is 6.08. The molecule has 0 aliphatic carbocycles. The van der Waals surface area contributed by atoms with E-state index in [-0.39, 0.29) is 18.1 Å². The molecule has 204 valence electrons. The Morgan fingerprint density at radius 2 is 1.72 bits per heavy atom. The third kappa shape index (κ3) is 7.04. The topological polar surface area (TPSA) is 67.1 Å². The lowest BCUT2D eigenvalue weighted by Crippen LogP contribution is -2.22. The average molecular weight is 547 g/mol. The minimum atomic E-state index is -0.443. The van der Waals surface area contributed by atoms with Gasteiger partial charge in [0.1, 0.15) is 12.4 Å². The van der Waals surface area contributed by atoms with Crippen molar-refractivity contribution in [3.8, 4) is 5.75 Å². The predicted molar refractivity (Wildman–Crippen MR) is 153 cm³/mol. The third-order valence-corrected chi connectivity index (χ3v) is 8.14. The first-order valence-electron chi connectivity index (χ1n) is 13.4. The van der Waals surface area contributed by atoms with Gasteiger partial charge in [-0.05, 0) is 48.6 Å². The second kappa shape index (κ2) is 13.7. The summed E-state index contributed by atoms with van der Waals surface area (Å²) in [7, 11) is 1.34. The van der Waals surface area contributed by atoms with Crippen LogP contribution in [0.15, 0.2) is 83.3 Å². The number of thioether (sulfide) groups is 1. The minimum Gasteiger partial charge on any atom is -0.478 e. The summed E-state index contributed by atoms with van der Waals surface area (Å²) in [5, 5.41) is 1.19. The summed E-state index contributed by atoms with van der Waals surface area (Å²) >= 11 is 1.91. The maximum absolute atomic E-state index is 11.7. The van der Waals surface area contributed by atoms with E-state index in [0.29, 0.717) is 17.9 Å². The van der Waals surface area contributed by atoms with Gasteiger partial charge in [0.05, 0.1) is 12.4 Å². The number of carbonyl (C=O) groups is 1. The van der Waals surface area contributed by atoms with Crippen molar-refractivity contribution in [2.45, 2.75) is 43.8 Å². The van der Waals surface area contributed by atoms with Gasteiger partial charge in [-0.25, -0.2) is 4.79 Å². The summed E-state index contributed by atoms with van der Waals surface area (Å²) in [6.45, 7) is 0.857. The molecule has 39 heavy (non-hydrogen) atoms. The van der Waals surface area contributed by atoms with Crippen LogP contribution in [-0.2, 0) is 32.0 Å². The fraction of sp³-hybridized carbons (Fsp3) is 0.344. The molecule has 1 fully saturated rings. The molecule has 1 aliphatic heterocycles. The smallest absolute Gasteiger partial charge is 0.343 e. The first kappa shape index (κ1) is 27.3. The molecule has 1 aromatic heterocycles. The first-order valence-corrected chi connectivity index (χ1v) is 14.5. The maximum Gasteiger partial charge on any atom is 0.343 e. The second-order valence-corrected chi connectivity index (χ2v) is 10.6. The molecule has 1 aliphatic rings. The second-order valence-electron chi connectivity index (χ2n) is 9.43. The number of benzene rings is 3. The number of fused-ring (bicyclic) bond motifs is 1. The quantitative estimate of drug-likeness (QED) is 0.176. The van der Waals surface area contributed by atoms with Crippen LogP contribution in [0, 0.1) is 0 Å². The van der Waals surface area contributed by atoms with Gasteiger partial charge in [-0.3, -0.25) is 0 Å². The molecule has 0 saturated carbocycles. The van der Waals surface area contributed by atoms with Crippen molar-refractivity contribution in [2.75, 3.05) is 26.1 Å². The number of hydrogen-bond acceptors (Lipinski definition) is 7. The molecule has 6 nitrogen and oxygen atoms in total. The number of esters is 1. The SMILES string of the molecule is COC(=O)COc1cccc2c(CCSC(c3ccccc3)c3ccccc3)c(COC3CCCCO3)oc12. The van der Waals surface area contributed by atoms with Gasteiger partial charge >= 0.3 is 5.97 Å². The van der Waals surface area contributed by atoms with Crippen molar-refractivity contribution in [3.63, 3.8) is 0 Å². The van der Waals surface area contributed by atoms with Gasteiger partial charge in [0.15, 0.2) is 24.2 Å². The van der Waals surface area contributed by atoms with Crippen LogP contribution in [0.4, 0.5) is 0 Å². The van der Waals surface area contributed by atoms with Crippen molar-refractivity contribution < 1.29 is 28.2 Å². The molecule has 2 heterocycles. The Kier molecular flexibility index (Phi) is 9.59. The largest absolute Gasteiger partial charge is 0.478 e. The zero-order valence-corrected chi connectivity index (χ0v) is 23.0. The molecular formula is C32H34O6S. The van der Waals surface area contributed by atoms with E-state index in [4.69, 9.17) is 23.4 Å². The van der Waals surface area contributed by atoms with E-state index in [1.165, 1.54) is 18.2 Å². The number of hydrogen-bond donors (Lipinski definition) is 0. The van der Waals surface area contributed by atoms with E-state index in [0.717, 1.165) is 54.8 Å². The van der Waals surface area contributed by atoms with E-state index in [9.17, 15) is 4.79 Å². The highest BCUT2D eigenvalue weighted by Crippen LogP contribution is 2.38. The highest BCUT2D eigenvalue weighted by Gasteiger charge is 2.22. The molecule has 0 radical (unpaired) electrons. The molecule has 1 atom stereocenters. The summed E-state index contributed by atoms with van der Waals surface area (Å²) in [5.41, 5.74) is 4.27. The Morgan fingerprint density at radius 1 is 0.974 bits per heavy atom. The lowest BCUT2D eigenvalue weighted by Gasteiger charge is -2.22. The van der Waals surface area contributed by atoms with E-state index in [1.807, 2.05) is 30.0 Å². The standard InChI is InChI=1S/C32H34O6S/c1-34-29(33)22-36-27-16-10-15-26-25(28(38-31(26)27)21-37-30-17-8-9-19-35-30)18-20-39-32(23-11-4-2-5-12-23)24-13-6-3-7-14-24/h2-7,10-16,30,32H,8-9,17-22H2,1H3. The molecule has 4 aromatic rings. The summed E-state index contributed by atoms with van der Waals surface area (Å²) in [5.74, 6) is 1.72. The minimum absolute atomic E-state index is 0.181. The lowest BCUT2D eigenvalue weighted by molar-refractivity contribution is -0.171. The van der Waals surface area contributed by atoms with Gasteiger partial charge in [0.2, 0.25) is 0 Å². The van der Waals surface area contributed by atoms with Gasteiger partial charge < -0.3 is 23.4 Å². The van der Waals surface area contributed by atoms with Crippen molar-refractivity contribution >= 4 is 28.7 Å². The number of furan rings is 1. The third-order valence-electron chi connectivity index (χ3n) is 6.82. The zero-order valence-electron chi connectivity index (χ0n) is 22.2.